The average molecular weight is 223 g/mol. The molecule has 1 rings (SSSR count). The highest BCUT2D eigenvalue weighted by atomic mass is 16.5. The van der Waals surface area contributed by atoms with Gasteiger partial charge in [0.1, 0.15) is 12.6 Å². The van der Waals surface area contributed by atoms with Crippen LogP contribution in [0.3, 0.4) is 0 Å². The molecule has 0 aliphatic rings. The maximum absolute atomic E-state index is 11.4. The molecule has 0 spiro atoms. The second-order valence-electron chi connectivity index (χ2n) is 3.57. The van der Waals surface area contributed by atoms with Gasteiger partial charge in [-0.25, -0.2) is 0 Å². The first kappa shape index (κ1) is 12.7. The summed E-state index contributed by atoms with van der Waals surface area (Å²) < 4.78 is 5.04. The summed E-state index contributed by atoms with van der Waals surface area (Å²) in [5.74, 6) is -0.419. The third-order valence-corrected chi connectivity index (χ3v) is 2.20. The zero-order valence-electron chi connectivity index (χ0n) is 9.13. The summed E-state index contributed by atoms with van der Waals surface area (Å²) in [6.45, 7) is 0.284. The van der Waals surface area contributed by atoms with Crippen LogP contribution in [-0.4, -0.2) is 23.7 Å². The van der Waals surface area contributed by atoms with Gasteiger partial charge in [-0.2, -0.15) is 0 Å². The lowest BCUT2D eigenvalue weighted by molar-refractivity contribution is -0.146. The molecule has 0 radical (unpaired) electrons. The number of benzene rings is 1. The Kier molecular flexibility index (Phi) is 5.53. The SMILES string of the molecule is N[C@H](CCCO)C(=O)OCc1ccccc1. The predicted molar refractivity (Wildman–Crippen MR) is 60.5 cm³/mol. The van der Waals surface area contributed by atoms with E-state index in [9.17, 15) is 4.79 Å². The van der Waals surface area contributed by atoms with Gasteiger partial charge in [0.15, 0.2) is 0 Å². The first-order valence-electron chi connectivity index (χ1n) is 5.31. The quantitative estimate of drug-likeness (QED) is 0.701. The van der Waals surface area contributed by atoms with Gasteiger partial charge in [-0.3, -0.25) is 4.79 Å². The monoisotopic (exact) mass is 223 g/mol. The first-order valence-corrected chi connectivity index (χ1v) is 5.31. The third kappa shape index (κ3) is 4.42. The molecule has 16 heavy (non-hydrogen) atoms. The van der Waals surface area contributed by atoms with Gasteiger partial charge in [-0.05, 0) is 18.4 Å². The van der Waals surface area contributed by atoms with Gasteiger partial charge < -0.3 is 15.6 Å². The van der Waals surface area contributed by atoms with Gasteiger partial charge in [0.2, 0.25) is 0 Å². The van der Waals surface area contributed by atoms with Crippen molar-refractivity contribution in [2.75, 3.05) is 6.61 Å². The summed E-state index contributed by atoms with van der Waals surface area (Å²) in [5.41, 5.74) is 6.52. The van der Waals surface area contributed by atoms with E-state index in [4.69, 9.17) is 15.6 Å². The molecule has 1 aromatic rings. The van der Waals surface area contributed by atoms with Gasteiger partial charge in [-0.1, -0.05) is 30.3 Å². The molecule has 4 nitrogen and oxygen atoms in total. The predicted octanol–water partition coefficient (Wildman–Crippen LogP) is 0.830. The second-order valence-corrected chi connectivity index (χ2v) is 3.57. The van der Waals surface area contributed by atoms with E-state index in [0.717, 1.165) is 5.56 Å². The van der Waals surface area contributed by atoms with Crippen molar-refractivity contribution in [1.82, 2.24) is 0 Å². The fourth-order valence-corrected chi connectivity index (χ4v) is 1.26. The molecule has 0 amide bonds. The Hall–Kier alpha value is -1.39. The molecule has 4 heteroatoms. The minimum absolute atomic E-state index is 0.0413. The van der Waals surface area contributed by atoms with E-state index >= 15 is 0 Å². The molecule has 88 valence electrons. The van der Waals surface area contributed by atoms with Gasteiger partial charge in [0.05, 0.1) is 0 Å². The molecule has 0 aliphatic carbocycles. The van der Waals surface area contributed by atoms with E-state index in [1.165, 1.54) is 0 Å². The largest absolute Gasteiger partial charge is 0.460 e. The zero-order chi connectivity index (χ0) is 11.8. The summed E-state index contributed by atoms with van der Waals surface area (Å²) in [7, 11) is 0. The second kappa shape index (κ2) is 6.98. The Bertz CT molecular complexity index is 313. The standard InChI is InChI=1S/C12H17NO3/c13-11(7-4-8-14)12(15)16-9-10-5-2-1-3-6-10/h1-3,5-6,11,14H,4,7-9,13H2/t11-/m1/s1. The molecule has 0 heterocycles. The van der Waals surface area contributed by atoms with E-state index in [1.807, 2.05) is 30.3 Å². The molecule has 0 saturated heterocycles. The van der Waals surface area contributed by atoms with Crippen LogP contribution in [0, 0.1) is 0 Å². The van der Waals surface area contributed by atoms with Crippen molar-refractivity contribution in [2.45, 2.75) is 25.5 Å². The number of aliphatic hydroxyl groups excluding tert-OH is 1. The van der Waals surface area contributed by atoms with Gasteiger partial charge in [-0.15, -0.1) is 0 Å². The van der Waals surface area contributed by atoms with Crippen molar-refractivity contribution >= 4 is 5.97 Å². The van der Waals surface area contributed by atoms with Crippen LogP contribution in [0.1, 0.15) is 18.4 Å². The lowest BCUT2D eigenvalue weighted by atomic mass is 10.2. The van der Waals surface area contributed by atoms with Crippen molar-refractivity contribution in [3.05, 3.63) is 35.9 Å². The minimum atomic E-state index is -0.643. The highest BCUT2D eigenvalue weighted by Crippen LogP contribution is 2.03. The molecule has 0 aliphatic heterocycles. The fourth-order valence-electron chi connectivity index (χ4n) is 1.26. The number of hydrogen-bond donors (Lipinski definition) is 2. The van der Waals surface area contributed by atoms with Crippen molar-refractivity contribution in [1.29, 1.82) is 0 Å². The molecule has 0 aromatic heterocycles. The van der Waals surface area contributed by atoms with E-state index in [2.05, 4.69) is 0 Å². The normalized spacial score (nSPS) is 12.1. The van der Waals surface area contributed by atoms with Gasteiger partial charge >= 0.3 is 5.97 Å². The van der Waals surface area contributed by atoms with Crippen LogP contribution in [0.2, 0.25) is 0 Å². The number of esters is 1. The molecule has 0 bridgehead atoms. The number of aliphatic hydroxyl groups is 1. The van der Waals surface area contributed by atoms with Crippen LogP contribution in [0.5, 0.6) is 0 Å². The van der Waals surface area contributed by atoms with E-state index < -0.39 is 12.0 Å². The maximum Gasteiger partial charge on any atom is 0.323 e. The van der Waals surface area contributed by atoms with E-state index in [-0.39, 0.29) is 13.2 Å². The fraction of sp³-hybridized carbons (Fsp3) is 0.417. The smallest absolute Gasteiger partial charge is 0.323 e. The lowest BCUT2D eigenvalue weighted by Gasteiger charge is -2.10. The number of carbonyl (C=O) groups excluding carboxylic acids is 1. The first-order chi connectivity index (χ1) is 7.74. The number of hydrogen-bond acceptors (Lipinski definition) is 4. The summed E-state index contributed by atoms with van der Waals surface area (Å²) in [4.78, 5) is 11.4. The van der Waals surface area contributed by atoms with Crippen molar-refractivity contribution in [2.24, 2.45) is 5.73 Å². The molecular weight excluding hydrogens is 206 g/mol. The van der Waals surface area contributed by atoms with Crippen LogP contribution in [0.25, 0.3) is 0 Å². The number of ether oxygens (including phenoxy) is 1. The molecule has 1 aromatic carbocycles. The molecule has 0 saturated carbocycles. The van der Waals surface area contributed by atoms with E-state index in [1.54, 1.807) is 0 Å². The lowest BCUT2D eigenvalue weighted by Crippen LogP contribution is -2.32. The number of carbonyl (C=O) groups is 1. The Balaban J connectivity index is 2.29. The van der Waals surface area contributed by atoms with Crippen LogP contribution in [0.15, 0.2) is 30.3 Å². The highest BCUT2D eigenvalue weighted by molar-refractivity contribution is 5.75. The Morgan fingerprint density at radius 2 is 2.06 bits per heavy atom. The maximum atomic E-state index is 11.4. The van der Waals surface area contributed by atoms with Crippen molar-refractivity contribution in [3.63, 3.8) is 0 Å². The van der Waals surface area contributed by atoms with Crippen LogP contribution < -0.4 is 5.73 Å². The van der Waals surface area contributed by atoms with Crippen LogP contribution in [0.4, 0.5) is 0 Å². The molecule has 0 unspecified atom stereocenters. The number of rotatable bonds is 6. The topological polar surface area (TPSA) is 72.5 Å². The summed E-state index contributed by atoms with van der Waals surface area (Å²) in [5, 5.41) is 8.60. The summed E-state index contributed by atoms with van der Waals surface area (Å²) in [6, 6.07) is 8.79. The van der Waals surface area contributed by atoms with Gasteiger partial charge in [0.25, 0.3) is 0 Å². The average Bonchev–Trinajstić information content (AvgIpc) is 2.34. The van der Waals surface area contributed by atoms with Crippen LogP contribution in [-0.2, 0) is 16.1 Å². The van der Waals surface area contributed by atoms with Gasteiger partial charge in [0, 0.05) is 6.61 Å². The van der Waals surface area contributed by atoms with Crippen molar-refractivity contribution < 1.29 is 14.6 Å². The summed E-state index contributed by atoms with van der Waals surface area (Å²) >= 11 is 0. The molecule has 3 N–H and O–H groups in total. The molecule has 0 fully saturated rings. The molecular formula is C12H17NO3. The minimum Gasteiger partial charge on any atom is -0.460 e. The highest BCUT2D eigenvalue weighted by Gasteiger charge is 2.14. The van der Waals surface area contributed by atoms with Crippen molar-refractivity contribution in [3.8, 4) is 0 Å². The van der Waals surface area contributed by atoms with E-state index in [0.29, 0.717) is 12.8 Å². The Labute approximate surface area is 95.0 Å². The van der Waals surface area contributed by atoms with Crippen LogP contribution >= 0.6 is 0 Å². The zero-order valence-corrected chi connectivity index (χ0v) is 9.13. The summed E-state index contributed by atoms with van der Waals surface area (Å²) in [6.07, 6.45) is 0.964. The third-order valence-electron chi connectivity index (χ3n) is 2.20. The Morgan fingerprint density at radius 1 is 1.38 bits per heavy atom. The number of nitrogens with two attached hydrogens (primary N) is 1. The Morgan fingerprint density at radius 3 is 2.69 bits per heavy atom. The molecule has 1 atom stereocenters.